The summed E-state index contributed by atoms with van der Waals surface area (Å²) in [6.45, 7) is 1.87. The molecular formula is C29H22BrN3O4S2. The van der Waals surface area contributed by atoms with Crippen molar-refractivity contribution in [3.63, 3.8) is 0 Å². The van der Waals surface area contributed by atoms with Crippen molar-refractivity contribution in [2.75, 3.05) is 0 Å². The first-order chi connectivity index (χ1) is 18.7. The van der Waals surface area contributed by atoms with Crippen LogP contribution in [0.5, 0.6) is 0 Å². The summed E-state index contributed by atoms with van der Waals surface area (Å²) in [5.74, 6) is -0.331. The second-order valence-corrected chi connectivity index (χ2v) is 14.1. The fraction of sp³-hybridized carbons (Fsp3) is 0.103. The van der Waals surface area contributed by atoms with E-state index in [1.165, 1.54) is 24.3 Å². The summed E-state index contributed by atoms with van der Waals surface area (Å²) < 4.78 is 55.8. The minimum absolute atomic E-state index is 0.0435. The quantitative estimate of drug-likeness (QED) is 0.225. The van der Waals surface area contributed by atoms with Crippen molar-refractivity contribution in [2.24, 2.45) is 5.92 Å². The molecule has 1 unspecified atom stereocenters. The molecule has 2 heterocycles. The number of fused-ring (bicyclic) bond motifs is 3. The molecule has 0 bridgehead atoms. The highest BCUT2D eigenvalue weighted by Gasteiger charge is 2.31. The van der Waals surface area contributed by atoms with Crippen LogP contribution in [-0.4, -0.2) is 31.6 Å². The fourth-order valence-electron chi connectivity index (χ4n) is 5.03. The van der Waals surface area contributed by atoms with Gasteiger partial charge in [0.25, 0.3) is 0 Å². The second-order valence-electron chi connectivity index (χ2n) is 9.37. The Balaban J connectivity index is 1.36. The minimum Gasteiger partial charge on any atom is -0.313 e. The van der Waals surface area contributed by atoms with Crippen molar-refractivity contribution in [1.82, 2.24) is 14.8 Å². The number of nitrogens with zero attached hydrogens (tertiary/aromatic N) is 3. The molecule has 0 saturated carbocycles. The van der Waals surface area contributed by atoms with Gasteiger partial charge in [0.15, 0.2) is 10.1 Å². The van der Waals surface area contributed by atoms with Gasteiger partial charge in [-0.3, -0.25) is 0 Å². The number of sulfone groups is 2. The van der Waals surface area contributed by atoms with E-state index in [-0.39, 0.29) is 25.8 Å². The molecule has 0 saturated heterocycles. The van der Waals surface area contributed by atoms with Crippen LogP contribution in [0.15, 0.2) is 121 Å². The van der Waals surface area contributed by atoms with Crippen LogP contribution < -0.4 is 0 Å². The molecule has 0 spiro atoms. The van der Waals surface area contributed by atoms with Gasteiger partial charge in [0.05, 0.1) is 20.8 Å². The summed E-state index contributed by atoms with van der Waals surface area (Å²) >= 11 is 3.28. The van der Waals surface area contributed by atoms with Crippen molar-refractivity contribution < 1.29 is 16.8 Å². The van der Waals surface area contributed by atoms with Crippen LogP contribution >= 0.6 is 15.9 Å². The van der Waals surface area contributed by atoms with E-state index in [4.69, 9.17) is 0 Å². The summed E-state index contributed by atoms with van der Waals surface area (Å²) in [7, 11) is -7.93. The molecule has 6 rings (SSSR count). The van der Waals surface area contributed by atoms with Crippen molar-refractivity contribution in [3.05, 3.63) is 106 Å². The van der Waals surface area contributed by atoms with Crippen molar-refractivity contribution in [3.8, 4) is 0 Å². The van der Waals surface area contributed by atoms with Gasteiger partial charge in [0.1, 0.15) is 0 Å². The number of allylic oxidation sites excluding steroid dienone is 4. The summed E-state index contributed by atoms with van der Waals surface area (Å²) in [5.41, 5.74) is 3.11. The Hall–Kier alpha value is -3.60. The van der Waals surface area contributed by atoms with E-state index >= 15 is 0 Å². The number of para-hydroxylation sites is 2. The molecule has 7 nitrogen and oxygen atoms in total. The Morgan fingerprint density at radius 2 is 1.26 bits per heavy atom. The van der Waals surface area contributed by atoms with Crippen LogP contribution in [0.2, 0.25) is 0 Å². The Kier molecular flexibility index (Phi) is 6.28. The zero-order valence-electron chi connectivity index (χ0n) is 20.7. The van der Waals surface area contributed by atoms with Crippen molar-refractivity contribution >= 4 is 63.1 Å². The van der Waals surface area contributed by atoms with Gasteiger partial charge in [-0.1, -0.05) is 59.3 Å². The number of hydrogen-bond donors (Lipinski definition) is 0. The average molecular weight is 621 g/mol. The van der Waals surface area contributed by atoms with Crippen molar-refractivity contribution in [2.45, 2.75) is 28.3 Å². The molecular weight excluding hydrogens is 598 g/mol. The predicted octanol–water partition coefficient (Wildman–Crippen LogP) is 6.42. The number of rotatable bonds is 5. The first kappa shape index (κ1) is 25.7. The molecule has 5 aromatic rings. The van der Waals surface area contributed by atoms with E-state index < -0.39 is 19.7 Å². The zero-order valence-corrected chi connectivity index (χ0v) is 23.9. The van der Waals surface area contributed by atoms with Crippen LogP contribution in [0.25, 0.3) is 27.5 Å². The highest BCUT2D eigenvalue weighted by atomic mass is 79.9. The maximum absolute atomic E-state index is 13.5. The topological polar surface area (TPSA) is 99.0 Å². The SMILES string of the molecule is CC1CC(n2c3ccccc3c3ccccc32)=CC=C1S(=O)(=O)c1ccc(S(=O)(=O)c2ccc(Br)cc2)nn1. The smallest absolute Gasteiger partial charge is 0.225 e. The summed E-state index contributed by atoms with van der Waals surface area (Å²) in [6.07, 6.45) is 3.96. The molecule has 1 atom stereocenters. The monoisotopic (exact) mass is 619 g/mol. The molecule has 10 heteroatoms. The van der Waals surface area contributed by atoms with Gasteiger partial charge in [0.2, 0.25) is 19.7 Å². The Morgan fingerprint density at radius 3 is 1.79 bits per heavy atom. The molecule has 1 aliphatic rings. The van der Waals surface area contributed by atoms with E-state index in [9.17, 15) is 16.8 Å². The molecule has 0 fully saturated rings. The molecule has 0 aliphatic heterocycles. The third kappa shape index (κ3) is 4.32. The lowest BCUT2D eigenvalue weighted by molar-refractivity contribution is 0.577. The highest BCUT2D eigenvalue weighted by Crippen LogP contribution is 2.38. The lowest BCUT2D eigenvalue weighted by Crippen LogP contribution is -2.18. The van der Waals surface area contributed by atoms with Gasteiger partial charge in [0, 0.05) is 20.9 Å². The average Bonchev–Trinajstić information content (AvgIpc) is 3.28. The Morgan fingerprint density at radius 1 is 0.718 bits per heavy atom. The van der Waals surface area contributed by atoms with Gasteiger partial charge in [-0.25, -0.2) is 16.8 Å². The molecule has 3 aromatic carbocycles. The summed E-state index contributed by atoms with van der Waals surface area (Å²) in [6, 6.07) is 24.8. The third-order valence-corrected chi connectivity index (χ3v) is 11.0. The van der Waals surface area contributed by atoms with E-state index in [1.54, 1.807) is 18.2 Å². The molecule has 196 valence electrons. The normalized spacial score (nSPS) is 16.3. The van der Waals surface area contributed by atoms with Crippen LogP contribution in [0.4, 0.5) is 0 Å². The number of benzene rings is 3. The van der Waals surface area contributed by atoms with Gasteiger partial charge < -0.3 is 4.57 Å². The van der Waals surface area contributed by atoms with Crippen LogP contribution in [0.1, 0.15) is 13.3 Å². The molecule has 0 N–H and O–H groups in total. The molecule has 1 aliphatic carbocycles. The standard InChI is InChI=1S/C29H22BrN3O4S2/c1-19-18-21(33-25-8-4-2-6-23(25)24-7-3-5-9-26(24)33)12-15-27(19)39(36,37)29-17-16-28(31-32-29)38(34,35)22-13-10-20(30)11-14-22/h2-17,19H,18H2,1H3. The summed E-state index contributed by atoms with van der Waals surface area (Å²) in [5, 5.41) is 9.28. The van der Waals surface area contributed by atoms with Gasteiger partial charge in [-0.15, -0.1) is 10.2 Å². The summed E-state index contributed by atoms with van der Waals surface area (Å²) in [4.78, 5) is 0.256. The number of hydrogen-bond acceptors (Lipinski definition) is 6. The van der Waals surface area contributed by atoms with E-state index in [2.05, 4.69) is 55.0 Å². The minimum atomic E-state index is -3.99. The van der Waals surface area contributed by atoms with Gasteiger partial charge in [-0.05, 0) is 73.0 Å². The van der Waals surface area contributed by atoms with Gasteiger partial charge in [-0.2, -0.15) is 0 Å². The van der Waals surface area contributed by atoms with Crippen LogP contribution in [0, 0.1) is 5.92 Å². The number of halogens is 1. The fourth-order valence-corrected chi connectivity index (χ4v) is 7.92. The molecule has 0 radical (unpaired) electrons. The molecule has 0 amide bonds. The maximum atomic E-state index is 13.5. The second kappa shape index (κ2) is 9.55. The Bertz CT molecular complexity index is 1980. The van der Waals surface area contributed by atoms with Crippen LogP contribution in [-0.2, 0) is 19.7 Å². The Labute approximate surface area is 234 Å². The maximum Gasteiger partial charge on any atom is 0.225 e. The first-order valence-electron chi connectivity index (χ1n) is 12.2. The van der Waals surface area contributed by atoms with E-state index in [1.807, 2.05) is 37.3 Å². The third-order valence-electron chi connectivity index (χ3n) is 6.91. The molecule has 2 aromatic heterocycles. The lowest BCUT2D eigenvalue weighted by atomic mass is 9.99. The number of aromatic nitrogens is 3. The predicted molar refractivity (Wildman–Crippen MR) is 154 cm³/mol. The zero-order chi connectivity index (χ0) is 27.4. The molecule has 39 heavy (non-hydrogen) atoms. The van der Waals surface area contributed by atoms with Crippen LogP contribution in [0.3, 0.4) is 0 Å². The lowest BCUT2D eigenvalue weighted by Gasteiger charge is -2.23. The van der Waals surface area contributed by atoms with Gasteiger partial charge >= 0.3 is 0 Å². The van der Waals surface area contributed by atoms with E-state index in [0.29, 0.717) is 6.42 Å². The highest BCUT2D eigenvalue weighted by molar-refractivity contribution is 9.10. The van der Waals surface area contributed by atoms with E-state index in [0.717, 1.165) is 32.0 Å². The van der Waals surface area contributed by atoms with Crippen molar-refractivity contribution in [1.29, 1.82) is 0 Å². The largest absolute Gasteiger partial charge is 0.313 e. The first-order valence-corrected chi connectivity index (χ1v) is 15.9.